The molecule has 0 aliphatic rings. The maximum absolute atomic E-state index is 9.90. The van der Waals surface area contributed by atoms with Gasteiger partial charge in [-0.15, -0.1) is 0 Å². The van der Waals surface area contributed by atoms with Crippen molar-refractivity contribution in [3.63, 3.8) is 0 Å². The first-order valence-corrected chi connectivity index (χ1v) is 3.33. The second-order valence-corrected chi connectivity index (χ2v) is 2.36. The highest BCUT2D eigenvalue weighted by Gasteiger charge is 2.29. The molecule has 0 heterocycles. The Kier molecular flexibility index (Phi) is 7.98. The van der Waals surface area contributed by atoms with Crippen LogP contribution in [-0.2, 0) is 4.79 Å². The smallest absolute Gasteiger partial charge is 0.151 e. The lowest BCUT2D eigenvalue weighted by Gasteiger charge is -2.22. The van der Waals surface area contributed by atoms with Crippen molar-refractivity contribution >= 4 is 6.29 Å². The number of aliphatic hydroxyl groups excluding tert-OH is 5. The van der Waals surface area contributed by atoms with Gasteiger partial charge in [0, 0.05) is 0 Å². The zero-order valence-corrected chi connectivity index (χ0v) is 6.24. The third-order valence-electron chi connectivity index (χ3n) is 1.42. The monoisotopic (exact) mass is 196 g/mol. The molecule has 0 aromatic carbocycles. The molecule has 0 aromatic rings. The highest BCUT2D eigenvalue weighted by atomic mass is 16.4. The topological polar surface area (TPSA) is 118 Å². The van der Waals surface area contributed by atoms with Crippen LogP contribution in [0.1, 0.15) is 7.43 Å². The van der Waals surface area contributed by atoms with Crippen LogP contribution < -0.4 is 0 Å². The molecule has 80 valence electrons. The van der Waals surface area contributed by atoms with Gasteiger partial charge >= 0.3 is 0 Å². The summed E-state index contributed by atoms with van der Waals surface area (Å²) in [6, 6.07) is 0. The average Bonchev–Trinajstić information content (AvgIpc) is 2.12. The lowest BCUT2D eigenvalue weighted by Crippen LogP contribution is -2.46. The number of hydrogen-bond donors (Lipinski definition) is 5. The van der Waals surface area contributed by atoms with Crippen LogP contribution in [0.2, 0.25) is 0 Å². The summed E-state index contributed by atoms with van der Waals surface area (Å²) >= 11 is 0. The molecule has 0 spiro atoms. The Morgan fingerprint density at radius 1 is 1.08 bits per heavy atom. The second kappa shape index (κ2) is 6.93. The zero-order valence-electron chi connectivity index (χ0n) is 6.24. The van der Waals surface area contributed by atoms with Crippen LogP contribution in [0.3, 0.4) is 0 Å². The van der Waals surface area contributed by atoms with Gasteiger partial charge in [-0.2, -0.15) is 0 Å². The van der Waals surface area contributed by atoms with Gasteiger partial charge in [0.15, 0.2) is 6.29 Å². The first-order chi connectivity index (χ1) is 5.54. The summed E-state index contributed by atoms with van der Waals surface area (Å²) in [6.45, 7) is -0.760. The third-order valence-corrected chi connectivity index (χ3v) is 1.42. The highest BCUT2D eigenvalue weighted by molar-refractivity contribution is 5.56. The molecule has 0 aliphatic heterocycles. The molecule has 5 N–H and O–H groups in total. The predicted octanol–water partition coefficient (Wildman–Crippen LogP) is -2.74. The quantitative estimate of drug-likeness (QED) is 0.304. The van der Waals surface area contributed by atoms with Crippen molar-refractivity contribution in [2.24, 2.45) is 0 Å². The van der Waals surface area contributed by atoms with Gasteiger partial charge in [0.05, 0.1) is 6.61 Å². The summed E-state index contributed by atoms with van der Waals surface area (Å²) in [6.07, 6.45) is -6.84. The molecule has 0 fully saturated rings. The van der Waals surface area contributed by atoms with E-state index in [-0.39, 0.29) is 13.7 Å². The van der Waals surface area contributed by atoms with Crippen molar-refractivity contribution in [1.82, 2.24) is 0 Å². The van der Waals surface area contributed by atoms with Crippen molar-refractivity contribution in [1.29, 1.82) is 0 Å². The van der Waals surface area contributed by atoms with Crippen molar-refractivity contribution < 1.29 is 30.3 Å². The van der Waals surface area contributed by atoms with Crippen LogP contribution in [0.25, 0.3) is 0 Å². The van der Waals surface area contributed by atoms with Crippen molar-refractivity contribution in [2.75, 3.05) is 6.61 Å². The Bertz CT molecular complexity index is 139. The van der Waals surface area contributed by atoms with Gasteiger partial charge in [-0.25, -0.2) is 0 Å². The normalized spacial score (nSPS) is 19.5. The first-order valence-electron chi connectivity index (χ1n) is 3.33. The van der Waals surface area contributed by atoms with E-state index in [1.807, 2.05) is 0 Å². The fraction of sp³-hybridized carbons (Fsp3) is 0.857. The molecule has 0 amide bonds. The first kappa shape index (κ1) is 15.0. The Labute approximate surface area is 76.1 Å². The van der Waals surface area contributed by atoms with Crippen LogP contribution in [0.5, 0.6) is 0 Å². The molecule has 0 saturated heterocycles. The molecule has 0 unspecified atom stereocenters. The van der Waals surface area contributed by atoms with E-state index in [0.29, 0.717) is 0 Å². The molecule has 0 saturated carbocycles. The van der Waals surface area contributed by atoms with E-state index >= 15 is 0 Å². The van der Waals surface area contributed by atoms with Crippen LogP contribution in [0.15, 0.2) is 0 Å². The summed E-state index contributed by atoms with van der Waals surface area (Å²) in [5.74, 6) is 0. The van der Waals surface area contributed by atoms with Gasteiger partial charge < -0.3 is 30.3 Å². The van der Waals surface area contributed by atoms with Gasteiger partial charge in [-0.1, -0.05) is 7.43 Å². The number of hydrogen-bond acceptors (Lipinski definition) is 6. The fourth-order valence-corrected chi connectivity index (χ4v) is 0.618. The Morgan fingerprint density at radius 3 is 1.85 bits per heavy atom. The van der Waals surface area contributed by atoms with E-state index in [1.54, 1.807) is 0 Å². The molecular weight excluding hydrogens is 180 g/mol. The number of rotatable bonds is 5. The molecule has 0 radical (unpaired) electrons. The predicted molar refractivity (Wildman–Crippen MR) is 43.9 cm³/mol. The summed E-state index contributed by atoms with van der Waals surface area (Å²) in [7, 11) is 0. The van der Waals surface area contributed by atoms with E-state index in [1.165, 1.54) is 0 Å². The molecule has 6 heteroatoms. The van der Waals surface area contributed by atoms with Gasteiger partial charge in [0.2, 0.25) is 0 Å². The maximum Gasteiger partial charge on any atom is 0.151 e. The minimum absolute atomic E-state index is 0. The Balaban J connectivity index is 0. The largest absolute Gasteiger partial charge is 0.394 e. The summed E-state index contributed by atoms with van der Waals surface area (Å²) in [5, 5.41) is 43.5. The average molecular weight is 196 g/mol. The van der Waals surface area contributed by atoms with Crippen LogP contribution >= 0.6 is 0 Å². The van der Waals surface area contributed by atoms with Gasteiger partial charge in [-0.3, -0.25) is 0 Å². The summed E-state index contributed by atoms with van der Waals surface area (Å²) < 4.78 is 0. The van der Waals surface area contributed by atoms with E-state index in [0.717, 1.165) is 0 Å². The van der Waals surface area contributed by atoms with Crippen LogP contribution in [-0.4, -0.2) is 62.8 Å². The Morgan fingerprint density at radius 2 is 1.54 bits per heavy atom. The van der Waals surface area contributed by atoms with E-state index < -0.39 is 31.0 Å². The highest BCUT2D eigenvalue weighted by Crippen LogP contribution is 2.02. The lowest BCUT2D eigenvalue weighted by atomic mass is 10.0. The van der Waals surface area contributed by atoms with Crippen molar-refractivity contribution in [3.8, 4) is 0 Å². The number of carbonyl (C=O) groups is 1. The van der Waals surface area contributed by atoms with Crippen LogP contribution in [0, 0.1) is 0 Å². The van der Waals surface area contributed by atoms with E-state index in [2.05, 4.69) is 0 Å². The van der Waals surface area contributed by atoms with Gasteiger partial charge in [-0.05, 0) is 0 Å². The van der Waals surface area contributed by atoms with Crippen molar-refractivity contribution in [3.05, 3.63) is 0 Å². The van der Waals surface area contributed by atoms with Crippen LogP contribution in [0.4, 0.5) is 0 Å². The van der Waals surface area contributed by atoms with E-state index in [9.17, 15) is 4.79 Å². The zero-order chi connectivity index (χ0) is 9.72. The molecule has 0 aromatic heterocycles. The molecule has 4 atom stereocenters. The van der Waals surface area contributed by atoms with E-state index in [4.69, 9.17) is 25.5 Å². The van der Waals surface area contributed by atoms with Gasteiger partial charge in [0.1, 0.15) is 24.4 Å². The van der Waals surface area contributed by atoms with Gasteiger partial charge in [0.25, 0.3) is 0 Å². The molecule has 0 aliphatic carbocycles. The number of carbonyl (C=O) groups excluding carboxylic acids is 1. The molecule has 6 nitrogen and oxygen atoms in total. The molecule has 13 heavy (non-hydrogen) atoms. The second-order valence-electron chi connectivity index (χ2n) is 2.36. The van der Waals surface area contributed by atoms with Crippen molar-refractivity contribution in [2.45, 2.75) is 31.8 Å². The Hall–Kier alpha value is -0.530. The standard InChI is InChI=1S/C6H12O6.CH4/c7-1-3(9)5(11)6(12)4(10)2-8;/h1,3-6,8-12H,2H2;1H4/t3-,4+,5+,6+;/m0./s1. The number of aliphatic hydroxyl groups is 5. The molecular formula is C7H16O6. The summed E-state index contributed by atoms with van der Waals surface area (Å²) in [5.41, 5.74) is 0. The lowest BCUT2D eigenvalue weighted by molar-refractivity contribution is -0.136. The maximum atomic E-state index is 9.90. The fourth-order valence-electron chi connectivity index (χ4n) is 0.618. The minimum atomic E-state index is -1.79. The summed E-state index contributed by atoms with van der Waals surface area (Å²) in [4.78, 5) is 9.90. The minimum Gasteiger partial charge on any atom is -0.394 e. The molecule has 0 bridgehead atoms. The SMILES string of the molecule is C.O=C[C@H](O)[C@@H](O)[C@H](O)[C@H](O)CO. The molecule has 0 rings (SSSR count). The third kappa shape index (κ3) is 4.30. The number of aldehydes is 1.